The van der Waals surface area contributed by atoms with E-state index in [-0.39, 0.29) is 6.10 Å². The molecule has 160 valence electrons. The molecule has 32 heavy (non-hydrogen) atoms. The van der Waals surface area contributed by atoms with Crippen molar-refractivity contribution in [3.05, 3.63) is 76.9 Å². The van der Waals surface area contributed by atoms with E-state index in [1.807, 2.05) is 42.6 Å². The molecule has 2 aromatic rings. The third-order valence-corrected chi connectivity index (χ3v) is 6.41. The number of nitrogens with zero attached hydrogens (tertiary/aromatic N) is 3. The Bertz CT molecular complexity index is 1190. The summed E-state index contributed by atoms with van der Waals surface area (Å²) in [5.74, 6) is 1.08. The zero-order chi connectivity index (χ0) is 22.5. The first-order valence-corrected chi connectivity index (χ1v) is 11.3. The van der Waals surface area contributed by atoms with Gasteiger partial charge in [0, 0.05) is 17.9 Å². The Morgan fingerprint density at radius 2 is 2.00 bits per heavy atom. The molecule has 4 rings (SSSR count). The van der Waals surface area contributed by atoms with E-state index in [4.69, 9.17) is 4.74 Å². The third kappa shape index (κ3) is 4.36. The number of aliphatic imine (C=N–C) groups is 1. The Morgan fingerprint density at radius 3 is 2.78 bits per heavy atom. The fourth-order valence-corrected chi connectivity index (χ4v) is 4.80. The molecular formula is C28H27N3O. The summed E-state index contributed by atoms with van der Waals surface area (Å²) in [5, 5.41) is 18.6. The van der Waals surface area contributed by atoms with Crippen molar-refractivity contribution in [2.24, 2.45) is 10.9 Å². The molecule has 0 bridgehead atoms. The maximum Gasteiger partial charge on any atom is 0.205 e. The van der Waals surface area contributed by atoms with Gasteiger partial charge in [-0.15, -0.1) is 0 Å². The summed E-state index contributed by atoms with van der Waals surface area (Å²) in [7, 11) is 0. The number of benzene rings is 2. The summed E-state index contributed by atoms with van der Waals surface area (Å²) in [6.45, 7) is 4.38. The first kappa shape index (κ1) is 21.6. The molecule has 0 amide bonds. The Morgan fingerprint density at radius 1 is 1.16 bits per heavy atom. The minimum absolute atomic E-state index is 0.0332. The molecule has 0 N–H and O–H groups in total. The molecule has 2 unspecified atom stereocenters. The van der Waals surface area contributed by atoms with Gasteiger partial charge in [-0.05, 0) is 73.6 Å². The van der Waals surface area contributed by atoms with Gasteiger partial charge in [-0.1, -0.05) is 42.8 Å². The molecule has 0 saturated carbocycles. The van der Waals surface area contributed by atoms with E-state index in [1.54, 1.807) is 6.07 Å². The molecular weight excluding hydrogens is 394 g/mol. The van der Waals surface area contributed by atoms with Crippen molar-refractivity contribution in [2.45, 2.75) is 52.1 Å². The van der Waals surface area contributed by atoms with Gasteiger partial charge >= 0.3 is 0 Å². The highest BCUT2D eigenvalue weighted by atomic mass is 16.5. The molecule has 0 spiro atoms. The van der Waals surface area contributed by atoms with Crippen LogP contribution < -0.4 is 4.74 Å². The van der Waals surface area contributed by atoms with Gasteiger partial charge in [0.2, 0.25) is 6.19 Å². The fourth-order valence-electron chi connectivity index (χ4n) is 4.80. The van der Waals surface area contributed by atoms with E-state index in [2.05, 4.69) is 37.1 Å². The summed E-state index contributed by atoms with van der Waals surface area (Å²) >= 11 is 0. The molecule has 1 aliphatic carbocycles. The molecule has 4 nitrogen and oxygen atoms in total. The lowest BCUT2D eigenvalue weighted by Gasteiger charge is -2.36. The van der Waals surface area contributed by atoms with Crippen LogP contribution in [0.3, 0.4) is 0 Å². The summed E-state index contributed by atoms with van der Waals surface area (Å²) in [4.78, 5) is 4.20. The fraction of sp³-hybridized carbons (Fsp3) is 0.321. The molecule has 2 atom stereocenters. The summed E-state index contributed by atoms with van der Waals surface area (Å²) in [6, 6.07) is 15.7. The minimum Gasteiger partial charge on any atom is -0.489 e. The van der Waals surface area contributed by atoms with E-state index >= 15 is 0 Å². The van der Waals surface area contributed by atoms with Crippen molar-refractivity contribution >= 4 is 5.71 Å². The summed E-state index contributed by atoms with van der Waals surface area (Å²) in [6.07, 6.45) is 11.5. The maximum atomic E-state index is 9.37. The van der Waals surface area contributed by atoms with Gasteiger partial charge in [-0.2, -0.15) is 15.5 Å². The van der Waals surface area contributed by atoms with E-state index in [0.29, 0.717) is 17.9 Å². The molecule has 1 heterocycles. The van der Waals surface area contributed by atoms with Crippen molar-refractivity contribution in [1.29, 1.82) is 10.5 Å². The smallest absolute Gasteiger partial charge is 0.205 e. The van der Waals surface area contributed by atoms with Crippen molar-refractivity contribution in [1.82, 2.24) is 0 Å². The second kappa shape index (κ2) is 9.67. The minimum atomic E-state index is -0.0332. The van der Waals surface area contributed by atoms with Crippen LogP contribution in [0.4, 0.5) is 0 Å². The number of allylic oxidation sites excluding steroid dienone is 3. The van der Waals surface area contributed by atoms with Gasteiger partial charge in [-0.25, -0.2) is 0 Å². The summed E-state index contributed by atoms with van der Waals surface area (Å²) in [5.41, 5.74) is 7.02. The number of fused-ring (bicyclic) bond motifs is 1. The molecule has 0 fully saturated rings. The zero-order valence-electron chi connectivity index (χ0n) is 18.6. The SMILES string of the molecule is CC/C=C\C1=C(C)CCCC1C1CC(=NC#N)c2cc(-c3cccc(C#N)c3)ccc2O1. The first-order chi connectivity index (χ1) is 15.6. The van der Waals surface area contributed by atoms with Gasteiger partial charge in [0.1, 0.15) is 11.9 Å². The lowest BCUT2D eigenvalue weighted by Crippen LogP contribution is -2.36. The molecule has 2 aliphatic rings. The first-order valence-electron chi connectivity index (χ1n) is 11.3. The average Bonchev–Trinajstić information content (AvgIpc) is 2.83. The van der Waals surface area contributed by atoms with Crippen molar-refractivity contribution in [2.75, 3.05) is 0 Å². The van der Waals surface area contributed by atoms with Crippen LogP contribution in [-0.4, -0.2) is 11.8 Å². The average molecular weight is 422 g/mol. The van der Waals surface area contributed by atoms with Gasteiger partial charge in [0.05, 0.1) is 17.3 Å². The van der Waals surface area contributed by atoms with Crippen LogP contribution in [0.2, 0.25) is 0 Å². The largest absolute Gasteiger partial charge is 0.489 e. The molecule has 0 saturated heterocycles. The van der Waals surface area contributed by atoms with Crippen LogP contribution in [0.25, 0.3) is 11.1 Å². The Balaban J connectivity index is 1.71. The normalized spacial score (nSPS) is 21.7. The van der Waals surface area contributed by atoms with Gasteiger partial charge in [0.15, 0.2) is 0 Å². The Labute approximate surface area is 190 Å². The lowest BCUT2D eigenvalue weighted by molar-refractivity contribution is 0.143. The van der Waals surface area contributed by atoms with Crippen LogP contribution in [0, 0.1) is 28.7 Å². The van der Waals surface area contributed by atoms with Crippen LogP contribution in [0.1, 0.15) is 57.1 Å². The van der Waals surface area contributed by atoms with Crippen LogP contribution in [-0.2, 0) is 0 Å². The Kier molecular flexibility index (Phi) is 6.52. The van der Waals surface area contributed by atoms with Crippen molar-refractivity contribution in [3.63, 3.8) is 0 Å². The monoisotopic (exact) mass is 421 g/mol. The predicted molar refractivity (Wildman–Crippen MR) is 127 cm³/mol. The quantitative estimate of drug-likeness (QED) is 0.514. The van der Waals surface area contributed by atoms with E-state index in [0.717, 1.165) is 53.8 Å². The number of rotatable bonds is 4. The van der Waals surface area contributed by atoms with Crippen molar-refractivity contribution in [3.8, 4) is 29.1 Å². The zero-order valence-corrected chi connectivity index (χ0v) is 18.6. The molecule has 2 aromatic carbocycles. The Hall–Kier alpha value is -3.63. The maximum absolute atomic E-state index is 9.37. The third-order valence-electron chi connectivity index (χ3n) is 6.41. The number of ether oxygens (including phenoxy) is 1. The topological polar surface area (TPSA) is 69.2 Å². The van der Waals surface area contributed by atoms with Crippen LogP contribution in [0.5, 0.6) is 5.75 Å². The highest BCUT2D eigenvalue weighted by molar-refractivity contribution is 6.05. The highest BCUT2D eigenvalue weighted by Crippen LogP contribution is 2.40. The molecule has 0 radical (unpaired) electrons. The van der Waals surface area contributed by atoms with Gasteiger partial charge < -0.3 is 4.74 Å². The predicted octanol–water partition coefficient (Wildman–Crippen LogP) is 6.73. The second-order valence-corrected chi connectivity index (χ2v) is 8.47. The summed E-state index contributed by atoms with van der Waals surface area (Å²) < 4.78 is 6.53. The standard InChI is InChI=1S/C28H27N3O/c1-3-4-10-23-19(2)7-5-11-24(23)28-16-26(31-18-30)25-15-22(12-13-27(25)32-28)21-9-6-8-20(14-21)17-29/h4,6,8-10,12-15,24,28H,3,5,7,11,16H2,1-2H3/b10-4-,31-26?. The van der Waals surface area contributed by atoms with Crippen LogP contribution in [0.15, 0.2) is 70.8 Å². The van der Waals surface area contributed by atoms with E-state index in [1.165, 1.54) is 11.1 Å². The number of hydrogen-bond donors (Lipinski definition) is 0. The highest BCUT2D eigenvalue weighted by Gasteiger charge is 2.34. The second-order valence-electron chi connectivity index (χ2n) is 8.47. The molecule has 4 heteroatoms. The van der Waals surface area contributed by atoms with Gasteiger partial charge in [-0.3, -0.25) is 0 Å². The number of nitriles is 2. The number of hydrogen-bond acceptors (Lipinski definition) is 4. The molecule has 0 aromatic heterocycles. The lowest BCUT2D eigenvalue weighted by atomic mass is 9.77. The van der Waals surface area contributed by atoms with Crippen LogP contribution >= 0.6 is 0 Å². The van der Waals surface area contributed by atoms with Gasteiger partial charge in [0.25, 0.3) is 0 Å². The van der Waals surface area contributed by atoms with E-state index in [9.17, 15) is 10.5 Å². The van der Waals surface area contributed by atoms with Crippen molar-refractivity contribution < 1.29 is 4.74 Å². The van der Waals surface area contributed by atoms with E-state index < -0.39 is 0 Å². The molecule has 1 aliphatic heterocycles.